The van der Waals surface area contributed by atoms with Gasteiger partial charge in [0.2, 0.25) is 0 Å². The molecule has 0 spiro atoms. The summed E-state index contributed by atoms with van der Waals surface area (Å²) in [6.07, 6.45) is 6.46. The van der Waals surface area contributed by atoms with Crippen molar-refractivity contribution in [2.45, 2.75) is 150 Å². The summed E-state index contributed by atoms with van der Waals surface area (Å²) in [4.78, 5) is 57.3. The number of methoxy groups -OCH3 is 1. The fraction of sp³-hybridized carbons (Fsp3) is 0.756. The zero-order valence-electron chi connectivity index (χ0n) is 31.5. The van der Waals surface area contributed by atoms with Crippen LogP contribution in [0.25, 0.3) is 0 Å². The van der Waals surface area contributed by atoms with Crippen LogP contribution in [0, 0.1) is 40.9 Å². The number of Topliss-reactive ketones (excluding diaryl/α,β-unsaturated/α-hetero) is 3. The number of aliphatic hydroxyl groups excluding tert-OH is 1. The molecule has 49 heavy (non-hydrogen) atoms. The van der Waals surface area contributed by atoms with E-state index in [1.165, 1.54) is 7.11 Å². The molecule has 10 atom stereocenters. The number of hydrogen-bond donors (Lipinski definition) is 2. The number of hydrogen-bond acceptors (Lipinski definition) is 8. The lowest BCUT2D eigenvalue weighted by Crippen LogP contribution is -2.55. The third-order valence-corrected chi connectivity index (χ3v) is 12.4. The summed E-state index contributed by atoms with van der Waals surface area (Å²) in [5.41, 5.74) is 0.359. The summed E-state index contributed by atoms with van der Waals surface area (Å²) in [7, 11) is 1.30. The van der Waals surface area contributed by atoms with E-state index in [0.29, 0.717) is 31.3 Å². The highest BCUT2D eigenvalue weighted by Gasteiger charge is 2.60. The normalized spacial score (nSPS) is 39.1. The summed E-state index contributed by atoms with van der Waals surface area (Å²) in [5, 5.41) is 24.0. The van der Waals surface area contributed by atoms with Gasteiger partial charge in [0.15, 0.2) is 0 Å². The molecule has 4 rings (SSSR count). The predicted molar refractivity (Wildman–Crippen MR) is 189 cm³/mol. The third-order valence-electron chi connectivity index (χ3n) is 12.4. The van der Waals surface area contributed by atoms with E-state index in [2.05, 4.69) is 6.08 Å². The van der Waals surface area contributed by atoms with Crippen LogP contribution in [0.1, 0.15) is 126 Å². The van der Waals surface area contributed by atoms with Crippen molar-refractivity contribution in [3.63, 3.8) is 0 Å². The zero-order valence-corrected chi connectivity index (χ0v) is 31.5. The lowest BCUT2D eigenvalue weighted by atomic mass is 9.52. The minimum absolute atomic E-state index is 0.0304. The number of allylic oxidation sites excluding steroid dienone is 3. The number of ketones is 3. The summed E-state index contributed by atoms with van der Waals surface area (Å²) in [5.74, 6) is -3.55. The van der Waals surface area contributed by atoms with Crippen LogP contribution in [0.5, 0.6) is 0 Å². The largest absolute Gasteiger partial charge is 0.469 e. The number of rotatable bonds is 2. The lowest BCUT2D eigenvalue weighted by Gasteiger charge is -2.50. The van der Waals surface area contributed by atoms with Crippen LogP contribution < -0.4 is 0 Å². The zero-order chi connectivity index (χ0) is 36.4. The molecule has 1 fully saturated rings. The Balaban J connectivity index is 1.98. The summed E-state index contributed by atoms with van der Waals surface area (Å²) >= 11 is 0. The summed E-state index contributed by atoms with van der Waals surface area (Å²) < 4.78 is 12.0. The molecule has 0 amide bonds. The summed E-state index contributed by atoms with van der Waals surface area (Å²) in [6.45, 7) is 15.4. The minimum Gasteiger partial charge on any atom is -0.469 e. The van der Waals surface area contributed by atoms with Gasteiger partial charge in [-0.25, -0.2) is 0 Å². The van der Waals surface area contributed by atoms with Crippen LogP contribution in [0.15, 0.2) is 34.4 Å². The van der Waals surface area contributed by atoms with Crippen molar-refractivity contribution in [2.75, 3.05) is 7.11 Å². The first-order chi connectivity index (χ1) is 22.9. The molecule has 0 aromatic carbocycles. The number of carbonyl (C=O) groups is 4. The van der Waals surface area contributed by atoms with Gasteiger partial charge in [-0.3, -0.25) is 19.2 Å². The van der Waals surface area contributed by atoms with E-state index in [-0.39, 0.29) is 73.3 Å². The third kappa shape index (κ3) is 8.39. The van der Waals surface area contributed by atoms with Gasteiger partial charge in [0.05, 0.1) is 36.4 Å². The monoisotopic (exact) mass is 682 g/mol. The van der Waals surface area contributed by atoms with Crippen LogP contribution in [0.4, 0.5) is 0 Å². The molecule has 1 saturated carbocycles. The topological polar surface area (TPSA) is 127 Å². The molecule has 2 N–H and O–H groups in total. The first-order valence-electron chi connectivity index (χ1n) is 18.7. The Morgan fingerprint density at radius 3 is 2.35 bits per heavy atom. The minimum atomic E-state index is -1.64. The van der Waals surface area contributed by atoms with Crippen molar-refractivity contribution < 1.29 is 38.9 Å². The number of esters is 1. The van der Waals surface area contributed by atoms with Gasteiger partial charge in [-0.05, 0) is 82.8 Å². The summed E-state index contributed by atoms with van der Waals surface area (Å²) in [6, 6.07) is 0. The van der Waals surface area contributed by atoms with Gasteiger partial charge in [0.25, 0.3) is 0 Å². The van der Waals surface area contributed by atoms with E-state index < -0.39 is 46.9 Å². The van der Waals surface area contributed by atoms with Crippen molar-refractivity contribution >= 4 is 23.3 Å². The Morgan fingerprint density at radius 2 is 1.69 bits per heavy atom. The Hall–Kier alpha value is -2.42. The standard InChI is InChI=1S/C41H62O8/c1-23(2)29-20-32(42)26(5)12-10-11-24(3)18-33(43)30-19-28(7)38-31(41(30,22-34(29)44)39(46)48-9)17-25(4)13-15-36-27(6)14-16-37(49-36)40(8,47)21-35(38)45/h14,17,23-24,26,29-31,35-37,45,47H,10-13,15-16,18-22H2,1-9H3. The molecule has 8 nitrogen and oxygen atoms in total. The average Bonchev–Trinajstić information content (AvgIpc) is 3.02. The van der Waals surface area contributed by atoms with Gasteiger partial charge >= 0.3 is 5.97 Å². The second-order valence-corrected chi connectivity index (χ2v) is 16.7. The SMILES string of the molecule is COC(=O)C12CC(=O)C(C(C)C)CC(=O)C(C)CCCC(C)CC(=O)C1CC(C)=C1C(O)CC(C)(O)C3CC=C(C)C(CCC(C)=CC12)O3. The molecular weight excluding hydrogens is 620 g/mol. The van der Waals surface area contributed by atoms with Gasteiger partial charge in [-0.2, -0.15) is 0 Å². The second kappa shape index (κ2) is 15.9. The fourth-order valence-corrected chi connectivity index (χ4v) is 9.18. The van der Waals surface area contributed by atoms with Crippen molar-refractivity contribution in [3.05, 3.63) is 34.4 Å². The molecule has 0 saturated heterocycles. The maximum atomic E-state index is 14.7. The molecular formula is C41H62O8. The van der Waals surface area contributed by atoms with Crippen molar-refractivity contribution in [3.8, 4) is 0 Å². The Bertz CT molecular complexity index is 1370. The molecule has 4 aliphatic rings. The predicted octanol–water partition coefficient (Wildman–Crippen LogP) is 7.05. The average molecular weight is 683 g/mol. The lowest BCUT2D eigenvalue weighted by molar-refractivity contribution is -0.167. The molecule has 0 radical (unpaired) electrons. The van der Waals surface area contributed by atoms with Crippen LogP contribution in [0.3, 0.4) is 0 Å². The molecule has 8 heteroatoms. The van der Waals surface area contributed by atoms with E-state index in [4.69, 9.17) is 9.47 Å². The maximum Gasteiger partial charge on any atom is 0.313 e. The van der Waals surface area contributed by atoms with E-state index in [9.17, 15) is 29.4 Å². The Labute approximate surface area is 294 Å². The van der Waals surface area contributed by atoms with Crippen LogP contribution >= 0.6 is 0 Å². The van der Waals surface area contributed by atoms with Gasteiger partial charge in [0, 0.05) is 49.4 Å². The molecule has 2 bridgehead atoms. The molecule has 274 valence electrons. The van der Waals surface area contributed by atoms with Gasteiger partial charge in [0.1, 0.15) is 17.3 Å². The number of ether oxygens (including phenoxy) is 2. The fourth-order valence-electron chi connectivity index (χ4n) is 9.18. The first kappa shape index (κ1) is 39.4. The highest BCUT2D eigenvalue weighted by atomic mass is 16.5. The van der Waals surface area contributed by atoms with Gasteiger partial charge in [-0.15, -0.1) is 0 Å². The van der Waals surface area contributed by atoms with Gasteiger partial charge in [-0.1, -0.05) is 63.8 Å². The maximum absolute atomic E-state index is 14.7. The highest BCUT2D eigenvalue weighted by Crippen LogP contribution is 2.55. The van der Waals surface area contributed by atoms with Crippen LogP contribution in [-0.4, -0.2) is 64.6 Å². The quantitative estimate of drug-likeness (QED) is 0.234. The van der Waals surface area contributed by atoms with Crippen molar-refractivity contribution in [1.29, 1.82) is 0 Å². The van der Waals surface area contributed by atoms with E-state index in [1.54, 1.807) is 6.92 Å². The van der Waals surface area contributed by atoms with E-state index in [0.717, 1.165) is 29.6 Å². The Morgan fingerprint density at radius 1 is 1.00 bits per heavy atom. The highest BCUT2D eigenvalue weighted by molar-refractivity contribution is 5.97. The second-order valence-electron chi connectivity index (χ2n) is 16.7. The first-order valence-corrected chi connectivity index (χ1v) is 18.7. The Kier molecular flexibility index (Phi) is 12.7. The molecule has 2 aliphatic heterocycles. The van der Waals surface area contributed by atoms with Crippen LogP contribution in [-0.2, 0) is 28.7 Å². The van der Waals surface area contributed by atoms with Crippen molar-refractivity contribution in [2.24, 2.45) is 40.9 Å². The van der Waals surface area contributed by atoms with E-state index >= 15 is 0 Å². The van der Waals surface area contributed by atoms with E-state index in [1.807, 2.05) is 54.5 Å². The molecule has 2 heterocycles. The molecule has 2 aliphatic carbocycles. The van der Waals surface area contributed by atoms with Crippen molar-refractivity contribution in [1.82, 2.24) is 0 Å². The van der Waals surface area contributed by atoms with Gasteiger partial charge < -0.3 is 19.7 Å². The van der Waals surface area contributed by atoms with Crippen LogP contribution in [0.2, 0.25) is 0 Å². The molecule has 0 aromatic heterocycles. The molecule has 10 unspecified atom stereocenters. The molecule has 0 aromatic rings. The number of aliphatic hydroxyl groups is 2. The number of carbonyl (C=O) groups excluding carboxylic acids is 4. The number of fused-ring (bicyclic) bond motifs is 5. The smallest absolute Gasteiger partial charge is 0.313 e.